The van der Waals surface area contributed by atoms with Gasteiger partial charge in [0.1, 0.15) is 5.82 Å². The standard InChI is InChI=1S/C14H14ClFN2/c1-9(13-4-2-3-7-18-13)14(17)10-5-6-12(16)11(15)8-10/h2-9,14H,17H2,1H3. The highest BCUT2D eigenvalue weighted by Gasteiger charge is 2.18. The summed E-state index contributed by atoms with van der Waals surface area (Å²) in [4.78, 5) is 4.28. The smallest absolute Gasteiger partial charge is 0.141 e. The minimum Gasteiger partial charge on any atom is -0.323 e. The lowest BCUT2D eigenvalue weighted by atomic mass is 9.92. The van der Waals surface area contributed by atoms with E-state index in [-0.39, 0.29) is 17.0 Å². The van der Waals surface area contributed by atoms with Crippen LogP contribution in [0.4, 0.5) is 4.39 Å². The normalized spacial score (nSPS) is 14.2. The largest absolute Gasteiger partial charge is 0.323 e. The molecule has 94 valence electrons. The number of hydrogen-bond acceptors (Lipinski definition) is 2. The highest BCUT2D eigenvalue weighted by atomic mass is 35.5. The Morgan fingerprint density at radius 3 is 2.67 bits per heavy atom. The SMILES string of the molecule is CC(c1ccccn1)C(N)c1ccc(F)c(Cl)c1. The monoisotopic (exact) mass is 264 g/mol. The number of nitrogens with zero attached hydrogens (tertiary/aromatic N) is 1. The maximum Gasteiger partial charge on any atom is 0.141 e. The van der Waals surface area contributed by atoms with Gasteiger partial charge in [-0.3, -0.25) is 4.98 Å². The molecule has 2 N–H and O–H groups in total. The molecule has 2 nitrogen and oxygen atoms in total. The van der Waals surface area contributed by atoms with Crippen LogP contribution >= 0.6 is 11.6 Å². The van der Waals surface area contributed by atoms with Gasteiger partial charge < -0.3 is 5.73 Å². The molecule has 2 unspecified atom stereocenters. The summed E-state index contributed by atoms with van der Waals surface area (Å²) in [5, 5.41) is 0.0937. The Balaban J connectivity index is 2.25. The number of rotatable bonds is 3. The third-order valence-electron chi connectivity index (χ3n) is 3.02. The quantitative estimate of drug-likeness (QED) is 0.919. The lowest BCUT2D eigenvalue weighted by molar-refractivity contribution is 0.579. The van der Waals surface area contributed by atoms with E-state index in [1.807, 2.05) is 25.1 Å². The molecule has 1 aromatic carbocycles. The third kappa shape index (κ3) is 2.68. The molecule has 4 heteroatoms. The molecule has 0 saturated heterocycles. The van der Waals surface area contributed by atoms with Gasteiger partial charge in [0.15, 0.2) is 0 Å². The maximum absolute atomic E-state index is 13.1. The van der Waals surface area contributed by atoms with E-state index in [4.69, 9.17) is 17.3 Å². The molecule has 1 aromatic heterocycles. The topological polar surface area (TPSA) is 38.9 Å². The molecule has 0 aliphatic carbocycles. The summed E-state index contributed by atoms with van der Waals surface area (Å²) in [5.41, 5.74) is 7.88. The first-order valence-electron chi connectivity index (χ1n) is 5.71. The van der Waals surface area contributed by atoms with Crippen molar-refractivity contribution < 1.29 is 4.39 Å². The summed E-state index contributed by atoms with van der Waals surface area (Å²) in [7, 11) is 0. The number of nitrogens with two attached hydrogens (primary N) is 1. The van der Waals surface area contributed by atoms with E-state index in [2.05, 4.69) is 4.98 Å². The van der Waals surface area contributed by atoms with Crippen LogP contribution in [0.15, 0.2) is 42.6 Å². The van der Waals surface area contributed by atoms with Gasteiger partial charge in [0.25, 0.3) is 0 Å². The average Bonchev–Trinajstić information content (AvgIpc) is 2.41. The molecule has 0 amide bonds. The maximum atomic E-state index is 13.1. The Labute approximate surface area is 111 Å². The predicted molar refractivity (Wildman–Crippen MR) is 71.0 cm³/mol. The Bertz CT molecular complexity index is 531. The van der Waals surface area contributed by atoms with Gasteiger partial charge in [0, 0.05) is 23.9 Å². The van der Waals surface area contributed by atoms with E-state index >= 15 is 0 Å². The summed E-state index contributed by atoms with van der Waals surface area (Å²) in [6.45, 7) is 1.99. The van der Waals surface area contributed by atoms with Crippen LogP contribution in [0.2, 0.25) is 5.02 Å². The van der Waals surface area contributed by atoms with Crippen molar-refractivity contribution in [1.29, 1.82) is 0 Å². The zero-order valence-electron chi connectivity index (χ0n) is 9.98. The molecular formula is C14H14ClFN2. The fourth-order valence-electron chi connectivity index (χ4n) is 1.84. The minimum absolute atomic E-state index is 0.0349. The van der Waals surface area contributed by atoms with Gasteiger partial charge in [0.05, 0.1) is 5.02 Å². The second kappa shape index (κ2) is 5.46. The van der Waals surface area contributed by atoms with E-state index in [1.165, 1.54) is 6.07 Å². The van der Waals surface area contributed by atoms with Gasteiger partial charge in [-0.2, -0.15) is 0 Å². The molecule has 2 atom stereocenters. The average molecular weight is 265 g/mol. The molecule has 0 bridgehead atoms. The number of pyridine rings is 1. The second-order valence-electron chi connectivity index (χ2n) is 4.24. The van der Waals surface area contributed by atoms with Gasteiger partial charge in [-0.15, -0.1) is 0 Å². The van der Waals surface area contributed by atoms with Gasteiger partial charge in [-0.1, -0.05) is 30.7 Å². The van der Waals surface area contributed by atoms with Crippen LogP contribution in [0, 0.1) is 5.82 Å². The van der Waals surface area contributed by atoms with Gasteiger partial charge in [-0.25, -0.2) is 4.39 Å². The summed E-state index contributed by atoms with van der Waals surface area (Å²) in [5.74, 6) is -0.397. The van der Waals surface area contributed by atoms with Crippen LogP contribution in [0.3, 0.4) is 0 Å². The Morgan fingerprint density at radius 1 is 1.28 bits per heavy atom. The van der Waals surface area contributed by atoms with Crippen molar-refractivity contribution in [3.63, 3.8) is 0 Å². The van der Waals surface area contributed by atoms with Crippen molar-refractivity contribution in [1.82, 2.24) is 4.98 Å². The summed E-state index contributed by atoms with van der Waals surface area (Å²) >= 11 is 5.76. The molecular weight excluding hydrogens is 251 g/mol. The van der Waals surface area contributed by atoms with Crippen LogP contribution in [-0.2, 0) is 0 Å². The number of hydrogen-bond donors (Lipinski definition) is 1. The fraction of sp³-hybridized carbons (Fsp3) is 0.214. The van der Waals surface area contributed by atoms with Crippen LogP contribution < -0.4 is 5.73 Å². The van der Waals surface area contributed by atoms with E-state index in [1.54, 1.807) is 18.3 Å². The molecule has 0 radical (unpaired) electrons. The predicted octanol–water partition coefficient (Wildman–Crippen LogP) is 3.68. The number of halogens is 2. The lowest BCUT2D eigenvalue weighted by Gasteiger charge is -2.20. The number of benzene rings is 1. The van der Waals surface area contributed by atoms with Gasteiger partial charge in [0.2, 0.25) is 0 Å². The summed E-state index contributed by atoms with van der Waals surface area (Å²) in [6.07, 6.45) is 1.73. The van der Waals surface area contributed by atoms with Crippen LogP contribution in [0.5, 0.6) is 0 Å². The Morgan fingerprint density at radius 2 is 2.06 bits per heavy atom. The first kappa shape index (κ1) is 13.0. The van der Waals surface area contributed by atoms with Gasteiger partial charge in [-0.05, 0) is 29.8 Å². The van der Waals surface area contributed by atoms with Crippen molar-refractivity contribution in [3.8, 4) is 0 Å². The fourth-order valence-corrected chi connectivity index (χ4v) is 2.03. The van der Waals surface area contributed by atoms with Crippen molar-refractivity contribution in [2.24, 2.45) is 5.73 Å². The third-order valence-corrected chi connectivity index (χ3v) is 3.31. The molecule has 1 heterocycles. The molecule has 0 aliphatic heterocycles. The molecule has 18 heavy (non-hydrogen) atoms. The van der Waals surface area contributed by atoms with E-state index in [0.717, 1.165) is 11.3 Å². The Hall–Kier alpha value is -1.45. The van der Waals surface area contributed by atoms with Crippen molar-refractivity contribution >= 4 is 11.6 Å². The first-order chi connectivity index (χ1) is 8.59. The van der Waals surface area contributed by atoms with Crippen LogP contribution in [0.1, 0.15) is 30.1 Å². The highest BCUT2D eigenvalue weighted by molar-refractivity contribution is 6.30. The molecule has 0 fully saturated rings. The Kier molecular flexibility index (Phi) is 3.94. The van der Waals surface area contributed by atoms with E-state index in [9.17, 15) is 4.39 Å². The van der Waals surface area contributed by atoms with E-state index in [0.29, 0.717) is 0 Å². The lowest BCUT2D eigenvalue weighted by Crippen LogP contribution is -2.18. The zero-order valence-corrected chi connectivity index (χ0v) is 10.7. The van der Waals surface area contributed by atoms with Gasteiger partial charge >= 0.3 is 0 Å². The minimum atomic E-state index is -0.432. The zero-order chi connectivity index (χ0) is 13.1. The van der Waals surface area contributed by atoms with Crippen molar-refractivity contribution in [2.75, 3.05) is 0 Å². The first-order valence-corrected chi connectivity index (χ1v) is 6.09. The van der Waals surface area contributed by atoms with Crippen molar-refractivity contribution in [2.45, 2.75) is 18.9 Å². The molecule has 2 aromatic rings. The van der Waals surface area contributed by atoms with Crippen molar-refractivity contribution in [3.05, 3.63) is 64.7 Å². The molecule has 0 spiro atoms. The molecule has 0 saturated carbocycles. The van der Waals surface area contributed by atoms with Crippen LogP contribution in [0.25, 0.3) is 0 Å². The van der Waals surface area contributed by atoms with E-state index < -0.39 is 5.82 Å². The van der Waals surface area contributed by atoms with Crippen LogP contribution in [-0.4, -0.2) is 4.98 Å². The summed E-state index contributed by atoms with van der Waals surface area (Å²) < 4.78 is 13.1. The molecule has 2 rings (SSSR count). The summed E-state index contributed by atoms with van der Waals surface area (Å²) in [6, 6.07) is 10.0. The highest BCUT2D eigenvalue weighted by Crippen LogP contribution is 2.29. The number of aromatic nitrogens is 1. The second-order valence-corrected chi connectivity index (χ2v) is 4.65. The molecule has 0 aliphatic rings.